The Bertz CT molecular complexity index is 650. The Labute approximate surface area is 143 Å². The third-order valence-corrected chi connectivity index (χ3v) is 6.87. The molecule has 0 saturated heterocycles. The quantitative estimate of drug-likeness (QED) is 0.872. The van der Waals surface area contributed by atoms with Crippen LogP contribution < -0.4 is 16.0 Å². The van der Waals surface area contributed by atoms with Crippen LogP contribution in [0.25, 0.3) is 0 Å². The molecule has 4 heteroatoms. The number of benzene rings is 1. The van der Waals surface area contributed by atoms with Crippen LogP contribution in [0.3, 0.4) is 0 Å². The lowest BCUT2D eigenvalue weighted by molar-refractivity contribution is 0.256. The van der Waals surface area contributed by atoms with E-state index in [0.717, 1.165) is 29.3 Å². The van der Waals surface area contributed by atoms with E-state index in [1.54, 1.807) is 0 Å². The normalized spacial score (nSPS) is 37.2. The molecule has 3 fully saturated rings. The molecule has 1 aromatic rings. The molecular formula is C20H26N3O. The summed E-state index contributed by atoms with van der Waals surface area (Å²) in [5.41, 5.74) is 3.03. The third kappa shape index (κ3) is 2.61. The van der Waals surface area contributed by atoms with Gasteiger partial charge in [0.1, 0.15) is 0 Å². The van der Waals surface area contributed by atoms with Gasteiger partial charge in [-0.1, -0.05) is 12.5 Å². The van der Waals surface area contributed by atoms with Gasteiger partial charge in [-0.25, -0.2) is 4.79 Å². The van der Waals surface area contributed by atoms with Crippen molar-refractivity contribution in [1.82, 2.24) is 10.6 Å². The Hall–Kier alpha value is -1.55. The maximum absolute atomic E-state index is 11.4. The Balaban J connectivity index is 1.18. The number of nitrogens with one attached hydrogen (secondary N) is 2. The number of nitrogens with zero attached hydrogens (tertiary/aromatic N) is 1. The monoisotopic (exact) mass is 324 g/mol. The Kier molecular flexibility index (Phi) is 3.55. The molecule has 1 aromatic carbocycles. The predicted molar refractivity (Wildman–Crippen MR) is 94.6 cm³/mol. The zero-order chi connectivity index (χ0) is 16.1. The van der Waals surface area contributed by atoms with Gasteiger partial charge in [-0.2, -0.15) is 5.32 Å². The van der Waals surface area contributed by atoms with Crippen molar-refractivity contribution in [1.29, 1.82) is 0 Å². The Morgan fingerprint density at radius 2 is 1.92 bits per heavy atom. The van der Waals surface area contributed by atoms with E-state index in [9.17, 15) is 4.79 Å². The van der Waals surface area contributed by atoms with Crippen molar-refractivity contribution in [2.24, 2.45) is 11.8 Å². The van der Waals surface area contributed by atoms with Gasteiger partial charge in [0.2, 0.25) is 0 Å². The van der Waals surface area contributed by atoms with E-state index in [0.29, 0.717) is 12.0 Å². The molecule has 2 amide bonds. The van der Waals surface area contributed by atoms with Crippen molar-refractivity contribution in [3.63, 3.8) is 0 Å². The van der Waals surface area contributed by atoms with Gasteiger partial charge in [0.15, 0.2) is 0 Å². The lowest BCUT2D eigenvalue weighted by Crippen LogP contribution is -2.42. The number of hydrogen-bond acceptors (Lipinski definition) is 2. The highest BCUT2D eigenvalue weighted by Crippen LogP contribution is 2.45. The van der Waals surface area contributed by atoms with Crippen LogP contribution in [-0.4, -0.2) is 18.1 Å². The third-order valence-electron chi connectivity index (χ3n) is 6.87. The van der Waals surface area contributed by atoms with E-state index in [1.807, 2.05) is 6.07 Å². The summed E-state index contributed by atoms with van der Waals surface area (Å²) in [5, 5.41) is 10.8. The van der Waals surface area contributed by atoms with E-state index in [-0.39, 0.29) is 6.03 Å². The van der Waals surface area contributed by atoms with E-state index in [1.165, 1.54) is 56.9 Å². The van der Waals surface area contributed by atoms with Crippen LogP contribution in [0.5, 0.6) is 0 Å². The molecule has 3 aliphatic carbocycles. The standard InChI is InChI=1S/C20H26N3O/c24-20-22-17-8-5-14(11-19(17)23-20)13-3-6-16(7-4-13)21-18-10-12-1-2-15(18)9-12/h5,8,11-13,15-16,18,21H,1-4,6-7,9-10H2,(H,22,24). The predicted octanol–water partition coefficient (Wildman–Crippen LogP) is 4.27. The molecule has 1 radical (unpaired) electrons. The van der Waals surface area contributed by atoms with Crippen LogP contribution >= 0.6 is 0 Å². The zero-order valence-corrected chi connectivity index (χ0v) is 14.1. The number of rotatable bonds is 3. The lowest BCUT2D eigenvalue weighted by atomic mass is 9.81. The molecule has 0 spiro atoms. The first-order valence-corrected chi connectivity index (χ1v) is 9.67. The molecule has 3 unspecified atom stereocenters. The average molecular weight is 324 g/mol. The summed E-state index contributed by atoms with van der Waals surface area (Å²) < 4.78 is 0. The van der Waals surface area contributed by atoms with Gasteiger partial charge >= 0.3 is 6.03 Å². The molecule has 1 heterocycles. The van der Waals surface area contributed by atoms with Crippen LogP contribution in [-0.2, 0) is 0 Å². The molecule has 1 aliphatic heterocycles. The maximum Gasteiger partial charge on any atom is 0.346 e. The van der Waals surface area contributed by atoms with Crippen molar-refractivity contribution in [2.45, 2.75) is 69.4 Å². The topological polar surface area (TPSA) is 55.2 Å². The van der Waals surface area contributed by atoms with Crippen molar-refractivity contribution >= 4 is 17.4 Å². The van der Waals surface area contributed by atoms with E-state index in [4.69, 9.17) is 0 Å². The molecule has 3 atom stereocenters. The minimum Gasteiger partial charge on any atom is -0.311 e. The summed E-state index contributed by atoms with van der Waals surface area (Å²) in [7, 11) is 0. The summed E-state index contributed by atoms with van der Waals surface area (Å²) in [5.74, 6) is 2.62. The minimum absolute atomic E-state index is 0.235. The molecule has 5 rings (SSSR count). The molecule has 0 aromatic heterocycles. The van der Waals surface area contributed by atoms with Gasteiger partial charge in [-0.15, -0.1) is 0 Å². The zero-order valence-electron chi connectivity index (χ0n) is 14.1. The Morgan fingerprint density at radius 3 is 2.67 bits per heavy atom. The number of anilines is 1. The van der Waals surface area contributed by atoms with Gasteiger partial charge in [-0.05, 0) is 80.4 Å². The number of hydrogen-bond donors (Lipinski definition) is 2. The van der Waals surface area contributed by atoms with Crippen molar-refractivity contribution < 1.29 is 4.79 Å². The molecule has 127 valence electrons. The number of carbonyl (C=O) groups is 1. The summed E-state index contributed by atoms with van der Waals surface area (Å²) in [6.45, 7) is 0. The first-order chi connectivity index (χ1) is 11.7. The fourth-order valence-electron chi connectivity index (χ4n) is 5.60. The number of urea groups is 1. The SMILES string of the molecule is O=C1[N]c2cc(C3CCC(NC4CC5CCC4C5)CC3)ccc2N1. The summed E-state index contributed by atoms with van der Waals surface area (Å²) in [6.07, 6.45) is 10.9. The van der Waals surface area contributed by atoms with Crippen LogP contribution in [0, 0.1) is 11.8 Å². The van der Waals surface area contributed by atoms with Crippen molar-refractivity contribution in [3.05, 3.63) is 23.8 Å². The molecule has 24 heavy (non-hydrogen) atoms. The fraction of sp³-hybridized carbons (Fsp3) is 0.650. The van der Waals surface area contributed by atoms with Crippen LogP contribution in [0.2, 0.25) is 0 Å². The van der Waals surface area contributed by atoms with Gasteiger partial charge < -0.3 is 10.6 Å². The summed E-state index contributed by atoms with van der Waals surface area (Å²) in [6, 6.07) is 7.59. The summed E-state index contributed by atoms with van der Waals surface area (Å²) >= 11 is 0. The maximum atomic E-state index is 11.4. The van der Waals surface area contributed by atoms with E-state index >= 15 is 0 Å². The van der Waals surface area contributed by atoms with E-state index in [2.05, 4.69) is 28.1 Å². The van der Waals surface area contributed by atoms with Crippen molar-refractivity contribution in [2.75, 3.05) is 5.32 Å². The minimum atomic E-state index is -0.235. The first kappa shape index (κ1) is 14.8. The molecule has 2 N–H and O–H groups in total. The number of carbonyl (C=O) groups excluding carboxylic acids is 1. The second-order valence-corrected chi connectivity index (χ2v) is 8.32. The Morgan fingerprint density at radius 1 is 1.04 bits per heavy atom. The number of fused-ring (bicyclic) bond motifs is 3. The molecular weight excluding hydrogens is 298 g/mol. The van der Waals surface area contributed by atoms with Crippen LogP contribution in [0.1, 0.15) is 62.8 Å². The molecule has 2 bridgehead atoms. The first-order valence-electron chi connectivity index (χ1n) is 9.67. The fourth-order valence-corrected chi connectivity index (χ4v) is 5.60. The van der Waals surface area contributed by atoms with Gasteiger partial charge in [-0.3, -0.25) is 0 Å². The second kappa shape index (κ2) is 5.76. The van der Waals surface area contributed by atoms with Crippen LogP contribution in [0.15, 0.2) is 18.2 Å². The van der Waals surface area contributed by atoms with E-state index < -0.39 is 0 Å². The van der Waals surface area contributed by atoms with Crippen molar-refractivity contribution in [3.8, 4) is 0 Å². The highest BCUT2D eigenvalue weighted by atomic mass is 16.2. The molecule has 4 aliphatic rings. The molecule has 4 nitrogen and oxygen atoms in total. The summed E-state index contributed by atoms with van der Waals surface area (Å²) in [4.78, 5) is 11.4. The smallest absolute Gasteiger partial charge is 0.311 e. The lowest BCUT2D eigenvalue weighted by Gasteiger charge is -2.34. The van der Waals surface area contributed by atoms with Gasteiger partial charge in [0.05, 0.1) is 11.4 Å². The highest BCUT2D eigenvalue weighted by molar-refractivity contribution is 6.02. The van der Waals surface area contributed by atoms with Gasteiger partial charge in [0.25, 0.3) is 0 Å². The van der Waals surface area contributed by atoms with Crippen LogP contribution in [0.4, 0.5) is 16.2 Å². The second-order valence-electron chi connectivity index (χ2n) is 8.32. The van der Waals surface area contributed by atoms with Gasteiger partial charge in [0, 0.05) is 12.1 Å². The highest BCUT2D eigenvalue weighted by Gasteiger charge is 2.40. The number of amides is 2. The average Bonchev–Trinajstić information content (AvgIpc) is 3.29. The largest absolute Gasteiger partial charge is 0.346 e. The molecule has 3 saturated carbocycles.